The van der Waals surface area contributed by atoms with Crippen molar-refractivity contribution in [1.82, 2.24) is 0 Å². The molecular weight excluding hydrogens is 424 g/mol. The summed E-state index contributed by atoms with van der Waals surface area (Å²) in [5.41, 5.74) is 0.611. The number of benzene rings is 2. The Labute approximate surface area is 139 Å². The van der Waals surface area contributed by atoms with Crippen LogP contribution in [-0.4, -0.2) is 19.5 Å². The molecule has 21 heavy (non-hydrogen) atoms. The Hall–Kier alpha value is -1.18. The molecule has 0 bridgehead atoms. The first-order valence-corrected chi connectivity index (χ1v) is 9.04. The summed E-state index contributed by atoms with van der Waals surface area (Å²) in [6.07, 6.45) is 0. The summed E-state index contributed by atoms with van der Waals surface area (Å²) < 4.78 is 25.8. The maximum absolute atomic E-state index is 12.4. The number of aromatic carboxylic acids is 1. The summed E-state index contributed by atoms with van der Waals surface area (Å²) in [5.74, 6) is -1.27. The van der Waals surface area contributed by atoms with Crippen LogP contribution in [-0.2, 0) is 15.6 Å². The Kier molecular flexibility index (Phi) is 4.85. The summed E-state index contributed by atoms with van der Waals surface area (Å²) in [7, 11) is -3.52. The number of hydrogen-bond donors (Lipinski definition) is 1. The summed E-state index contributed by atoms with van der Waals surface area (Å²) in [5, 5.41) is 8.90. The van der Waals surface area contributed by atoms with Crippen LogP contribution < -0.4 is 0 Å². The van der Waals surface area contributed by atoms with Crippen molar-refractivity contribution in [3.05, 3.63) is 62.5 Å². The highest BCUT2D eigenvalue weighted by Gasteiger charge is 2.20. The average molecular weight is 434 g/mol. The van der Waals surface area contributed by atoms with Crippen molar-refractivity contribution in [2.45, 2.75) is 10.6 Å². The van der Waals surface area contributed by atoms with Crippen LogP contribution in [0.5, 0.6) is 0 Å². The molecule has 4 nitrogen and oxygen atoms in total. The second kappa shape index (κ2) is 6.29. The lowest BCUT2D eigenvalue weighted by molar-refractivity contribution is 0.0697. The Bertz CT molecular complexity index is 800. The highest BCUT2D eigenvalue weighted by atomic mass is 79.9. The Balaban J connectivity index is 2.38. The number of rotatable bonds is 4. The third kappa shape index (κ3) is 3.72. The molecule has 0 saturated heterocycles. The molecule has 2 aromatic carbocycles. The molecule has 0 atom stereocenters. The molecule has 0 saturated carbocycles. The van der Waals surface area contributed by atoms with Crippen LogP contribution in [0.2, 0.25) is 0 Å². The average Bonchev–Trinajstić information content (AvgIpc) is 2.41. The van der Waals surface area contributed by atoms with Crippen molar-refractivity contribution >= 4 is 47.7 Å². The monoisotopic (exact) mass is 432 g/mol. The SMILES string of the molecule is O=C(O)c1ccc(CS(=O)(=O)c2ccccc2Br)c(Br)c1. The van der Waals surface area contributed by atoms with Gasteiger partial charge in [0, 0.05) is 8.95 Å². The maximum Gasteiger partial charge on any atom is 0.335 e. The molecule has 0 amide bonds. The highest BCUT2D eigenvalue weighted by molar-refractivity contribution is 9.10. The molecule has 0 aliphatic carbocycles. The first-order valence-electron chi connectivity index (χ1n) is 5.80. The fourth-order valence-corrected chi connectivity index (χ4v) is 4.97. The smallest absolute Gasteiger partial charge is 0.335 e. The van der Waals surface area contributed by atoms with E-state index in [2.05, 4.69) is 31.9 Å². The molecule has 0 radical (unpaired) electrons. The zero-order chi connectivity index (χ0) is 15.6. The topological polar surface area (TPSA) is 71.4 Å². The van der Waals surface area contributed by atoms with E-state index in [9.17, 15) is 13.2 Å². The zero-order valence-electron chi connectivity index (χ0n) is 10.6. The Morgan fingerprint density at radius 2 is 1.71 bits per heavy atom. The summed E-state index contributed by atoms with van der Waals surface area (Å²) >= 11 is 6.45. The van der Waals surface area contributed by atoms with Crippen LogP contribution >= 0.6 is 31.9 Å². The van der Waals surface area contributed by atoms with E-state index in [1.54, 1.807) is 18.2 Å². The lowest BCUT2D eigenvalue weighted by atomic mass is 10.1. The minimum Gasteiger partial charge on any atom is -0.478 e. The van der Waals surface area contributed by atoms with E-state index < -0.39 is 15.8 Å². The normalized spacial score (nSPS) is 11.3. The van der Waals surface area contributed by atoms with E-state index in [1.807, 2.05) is 0 Å². The fourth-order valence-electron chi connectivity index (χ4n) is 1.78. The minimum atomic E-state index is -3.52. The molecular formula is C14H10Br2O4S. The van der Waals surface area contributed by atoms with E-state index in [0.29, 0.717) is 14.5 Å². The molecule has 110 valence electrons. The summed E-state index contributed by atoms with van der Waals surface area (Å²) in [6, 6.07) is 10.9. The number of halogens is 2. The number of carboxylic acids is 1. The molecule has 0 aliphatic rings. The maximum atomic E-state index is 12.4. The first-order chi connectivity index (χ1) is 9.81. The van der Waals surface area contributed by atoms with Gasteiger partial charge in [-0.15, -0.1) is 0 Å². The Morgan fingerprint density at radius 1 is 1.05 bits per heavy atom. The van der Waals surface area contributed by atoms with E-state index in [4.69, 9.17) is 5.11 Å². The fraction of sp³-hybridized carbons (Fsp3) is 0.0714. The third-order valence-corrected chi connectivity index (χ3v) is 6.23. The van der Waals surface area contributed by atoms with Gasteiger partial charge in [0.25, 0.3) is 0 Å². The zero-order valence-corrected chi connectivity index (χ0v) is 14.6. The van der Waals surface area contributed by atoms with Crippen molar-refractivity contribution < 1.29 is 18.3 Å². The molecule has 1 N–H and O–H groups in total. The minimum absolute atomic E-state index is 0.101. The third-order valence-electron chi connectivity index (χ3n) is 2.82. The Morgan fingerprint density at radius 3 is 2.29 bits per heavy atom. The van der Waals surface area contributed by atoms with E-state index in [-0.39, 0.29) is 16.2 Å². The number of hydrogen-bond acceptors (Lipinski definition) is 3. The van der Waals surface area contributed by atoms with Crippen LogP contribution in [0.25, 0.3) is 0 Å². The molecule has 7 heteroatoms. The second-order valence-corrected chi connectivity index (χ2v) is 7.97. The van der Waals surface area contributed by atoms with Gasteiger partial charge in [-0.05, 0) is 45.8 Å². The largest absolute Gasteiger partial charge is 0.478 e. The molecule has 0 unspecified atom stereocenters. The predicted molar refractivity (Wildman–Crippen MR) is 86.1 cm³/mol. The summed E-state index contributed by atoms with van der Waals surface area (Å²) in [6.45, 7) is 0. The van der Waals surface area contributed by atoms with Crippen molar-refractivity contribution in [2.75, 3.05) is 0 Å². The first kappa shape index (κ1) is 16.2. The van der Waals surface area contributed by atoms with Gasteiger partial charge >= 0.3 is 5.97 Å². The molecule has 2 aromatic rings. The molecule has 2 rings (SSSR count). The predicted octanol–water partition coefficient (Wildman–Crippen LogP) is 3.88. The lowest BCUT2D eigenvalue weighted by Crippen LogP contribution is -2.07. The van der Waals surface area contributed by atoms with Gasteiger partial charge in [-0.3, -0.25) is 0 Å². The lowest BCUT2D eigenvalue weighted by Gasteiger charge is -2.09. The van der Waals surface area contributed by atoms with Crippen LogP contribution in [0.1, 0.15) is 15.9 Å². The molecule has 0 aliphatic heterocycles. The van der Waals surface area contributed by atoms with Crippen molar-refractivity contribution in [2.24, 2.45) is 0 Å². The molecule has 0 heterocycles. The molecule has 0 aromatic heterocycles. The quantitative estimate of drug-likeness (QED) is 0.793. The van der Waals surface area contributed by atoms with Crippen LogP contribution in [0.3, 0.4) is 0 Å². The van der Waals surface area contributed by atoms with Gasteiger partial charge in [0.2, 0.25) is 0 Å². The van der Waals surface area contributed by atoms with Crippen molar-refractivity contribution in [3.8, 4) is 0 Å². The molecule has 0 fully saturated rings. The van der Waals surface area contributed by atoms with Gasteiger partial charge in [-0.1, -0.05) is 34.1 Å². The van der Waals surface area contributed by atoms with Crippen LogP contribution in [0.4, 0.5) is 0 Å². The van der Waals surface area contributed by atoms with Gasteiger partial charge in [0.1, 0.15) is 0 Å². The van der Waals surface area contributed by atoms with Crippen LogP contribution in [0.15, 0.2) is 56.3 Å². The van der Waals surface area contributed by atoms with E-state index in [0.717, 1.165) is 0 Å². The highest BCUT2D eigenvalue weighted by Crippen LogP contribution is 2.27. The number of carbonyl (C=O) groups is 1. The van der Waals surface area contributed by atoms with Gasteiger partial charge < -0.3 is 5.11 Å². The second-order valence-electron chi connectivity index (χ2n) is 4.30. The van der Waals surface area contributed by atoms with Gasteiger partial charge in [0.05, 0.1) is 16.2 Å². The van der Waals surface area contributed by atoms with Crippen molar-refractivity contribution in [1.29, 1.82) is 0 Å². The van der Waals surface area contributed by atoms with E-state index in [1.165, 1.54) is 24.3 Å². The summed E-state index contributed by atoms with van der Waals surface area (Å²) in [4.78, 5) is 11.1. The standard InChI is InChI=1S/C14H10Br2O4S/c15-11-3-1-2-4-13(11)21(19,20)8-10-6-5-9(14(17)18)7-12(10)16/h1-7H,8H2,(H,17,18). The van der Waals surface area contributed by atoms with Crippen molar-refractivity contribution in [3.63, 3.8) is 0 Å². The van der Waals surface area contributed by atoms with Crippen LogP contribution in [0, 0.1) is 0 Å². The van der Waals surface area contributed by atoms with Gasteiger partial charge in [0.15, 0.2) is 9.84 Å². The number of carboxylic acid groups (broad SMARTS) is 1. The van der Waals surface area contributed by atoms with Gasteiger partial charge in [-0.2, -0.15) is 0 Å². The van der Waals surface area contributed by atoms with E-state index >= 15 is 0 Å². The number of sulfone groups is 1. The molecule has 0 spiro atoms. The van der Waals surface area contributed by atoms with Gasteiger partial charge in [-0.25, -0.2) is 13.2 Å².